The van der Waals surface area contributed by atoms with Gasteiger partial charge in [0.15, 0.2) is 0 Å². The number of piperazine rings is 1. The van der Waals surface area contributed by atoms with E-state index in [9.17, 15) is 4.79 Å². The number of nitrogens with zero attached hydrogens (tertiary/aromatic N) is 7. The fraction of sp³-hybridized carbons (Fsp3) is 0.600. The second-order valence-electron chi connectivity index (χ2n) is 8.09. The van der Waals surface area contributed by atoms with Gasteiger partial charge in [0.1, 0.15) is 12.0 Å². The Hall–Kier alpha value is -2.32. The van der Waals surface area contributed by atoms with Crippen molar-refractivity contribution >= 4 is 5.91 Å². The molecule has 0 aromatic carbocycles. The average molecular weight is 381 g/mol. The molecular weight excluding hydrogens is 354 g/mol. The minimum absolute atomic E-state index is 0.264. The van der Waals surface area contributed by atoms with Crippen LogP contribution in [-0.4, -0.2) is 85.7 Å². The van der Waals surface area contributed by atoms with Crippen LogP contribution in [0.15, 0.2) is 24.9 Å². The van der Waals surface area contributed by atoms with Crippen LogP contribution in [0.5, 0.6) is 0 Å². The zero-order valence-electron chi connectivity index (χ0n) is 16.2. The number of rotatable bonds is 4. The molecule has 0 spiro atoms. The molecule has 0 bridgehead atoms. The molecule has 8 nitrogen and oxygen atoms in total. The second kappa shape index (κ2) is 7.60. The van der Waals surface area contributed by atoms with E-state index in [0.29, 0.717) is 6.54 Å². The molecular formula is C20H27N7O. The van der Waals surface area contributed by atoms with Gasteiger partial charge in [-0.2, -0.15) is 5.10 Å². The number of amides is 1. The summed E-state index contributed by atoms with van der Waals surface area (Å²) in [7, 11) is 0. The van der Waals surface area contributed by atoms with E-state index in [4.69, 9.17) is 0 Å². The molecule has 0 N–H and O–H groups in total. The van der Waals surface area contributed by atoms with Crippen LogP contribution >= 0.6 is 0 Å². The first-order chi connectivity index (χ1) is 13.8. The number of aromatic nitrogens is 4. The molecule has 28 heavy (non-hydrogen) atoms. The molecule has 5 rings (SSSR count). The molecule has 2 fully saturated rings. The zero-order chi connectivity index (χ0) is 18.9. The summed E-state index contributed by atoms with van der Waals surface area (Å²) in [5.41, 5.74) is 3.28. The summed E-state index contributed by atoms with van der Waals surface area (Å²) in [6.07, 6.45) is 11.9. The summed E-state index contributed by atoms with van der Waals surface area (Å²) < 4.78 is 1.92. The Morgan fingerprint density at radius 1 is 1.04 bits per heavy atom. The van der Waals surface area contributed by atoms with E-state index in [1.54, 1.807) is 12.4 Å². The second-order valence-corrected chi connectivity index (χ2v) is 8.09. The van der Waals surface area contributed by atoms with Crippen molar-refractivity contribution in [3.05, 3.63) is 36.2 Å². The Labute approximate surface area is 165 Å². The highest BCUT2D eigenvalue weighted by Crippen LogP contribution is 2.26. The highest BCUT2D eigenvalue weighted by molar-refractivity contribution is 5.78. The van der Waals surface area contributed by atoms with Crippen LogP contribution in [0.3, 0.4) is 0 Å². The Bertz CT molecular complexity index is 824. The molecule has 1 aliphatic carbocycles. The maximum absolute atomic E-state index is 12.8. The lowest BCUT2D eigenvalue weighted by atomic mass is 9.91. The Balaban J connectivity index is 1.17. The number of hydrogen-bond acceptors (Lipinski definition) is 6. The van der Waals surface area contributed by atoms with Crippen LogP contribution in [0.4, 0.5) is 0 Å². The minimum Gasteiger partial charge on any atom is -0.339 e. The van der Waals surface area contributed by atoms with E-state index in [0.717, 1.165) is 57.4 Å². The van der Waals surface area contributed by atoms with Crippen molar-refractivity contribution in [1.82, 2.24) is 34.4 Å². The van der Waals surface area contributed by atoms with E-state index in [1.165, 1.54) is 36.8 Å². The fourth-order valence-electron chi connectivity index (χ4n) is 4.53. The van der Waals surface area contributed by atoms with Crippen molar-refractivity contribution in [2.75, 3.05) is 39.3 Å². The predicted molar refractivity (Wildman–Crippen MR) is 104 cm³/mol. The monoisotopic (exact) mass is 381 g/mol. The largest absolute Gasteiger partial charge is 0.339 e. The Morgan fingerprint density at radius 2 is 1.82 bits per heavy atom. The van der Waals surface area contributed by atoms with E-state index >= 15 is 0 Å². The third kappa shape index (κ3) is 3.42. The van der Waals surface area contributed by atoms with E-state index in [-0.39, 0.29) is 5.91 Å². The molecule has 0 radical (unpaired) electrons. The SMILES string of the molecule is O=C(CN1CCc2c(cnn2-c2cncnc2)C1)N1CCN(C2CCC2)CC1. The van der Waals surface area contributed by atoms with E-state index in [2.05, 4.69) is 29.8 Å². The number of fused-ring (bicyclic) bond motifs is 1. The molecule has 2 aliphatic heterocycles. The maximum Gasteiger partial charge on any atom is 0.236 e. The summed E-state index contributed by atoms with van der Waals surface area (Å²) in [5.74, 6) is 0.264. The first-order valence-corrected chi connectivity index (χ1v) is 10.3. The predicted octanol–water partition coefficient (Wildman–Crippen LogP) is 0.717. The van der Waals surface area contributed by atoms with Crippen LogP contribution in [0.1, 0.15) is 30.5 Å². The Kier molecular flexibility index (Phi) is 4.82. The molecule has 2 aromatic rings. The van der Waals surface area contributed by atoms with Gasteiger partial charge in [0.05, 0.1) is 30.8 Å². The van der Waals surface area contributed by atoms with Crippen molar-refractivity contribution < 1.29 is 4.79 Å². The highest BCUT2D eigenvalue weighted by Gasteiger charge is 2.30. The van der Waals surface area contributed by atoms with Crippen LogP contribution in [0.25, 0.3) is 5.69 Å². The minimum atomic E-state index is 0.264. The third-order valence-corrected chi connectivity index (χ3v) is 6.42. The number of carbonyl (C=O) groups excluding carboxylic acids is 1. The molecule has 1 amide bonds. The molecule has 1 saturated heterocycles. The molecule has 0 atom stereocenters. The van der Waals surface area contributed by atoms with Crippen LogP contribution in [0.2, 0.25) is 0 Å². The van der Waals surface area contributed by atoms with Gasteiger partial charge in [0, 0.05) is 57.3 Å². The summed E-state index contributed by atoms with van der Waals surface area (Å²) in [5, 5.41) is 4.52. The van der Waals surface area contributed by atoms with E-state index in [1.807, 2.05) is 10.9 Å². The van der Waals surface area contributed by atoms with Gasteiger partial charge in [-0.25, -0.2) is 14.6 Å². The standard InChI is InChI=1S/C20H27N7O/c28-20(26-8-6-25(7-9-26)17-2-1-3-17)14-24-5-4-19-16(13-24)10-23-27(19)18-11-21-15-22-12-18/h10-12,15,17H,1-9,13-14H2. The van der Waals surface area contributed by atoms with E-state index < -0.39 is 0 Å². The van der Waals surface area contributed by atoms with Crippen molar-refractivity contribution in [3.63, 3.8) is 0 Å². The summed E-state index contributed by atoms with van der Waals surface area (Å²) in [6.45, 7) is 5.97. The van der Waals surface area contributed by atoms with Crippen LogP contribution in [-0.2, 0) is 17.8 Å². The summed E-state index contributed by atoms with van der Waals surface area (Å²) >= 11 is 0. The van der Waals surface area contributed by atoms with Gasteiger partial charge in [-0.3, -0.25) is 14.6 Å². The van der Waals surface area contributed by atoms with Crippen LogP contribution < -0.4 is 0 Å². The first kappa shape index (κ1) is 17.8. The zero-order valence-corrected chi connectivity index (χ0v) is 16.2. The lowest BCUT2D eigenvalue weighted by molar-refractivity contribution is -0.135. The molecule has 8 heteroatoms. The molecule has 2 aromatic heterocycles. The summed E-state index contributed by atoms with van der Waals surface area (Å²) in [4.78, 5) is 27.8. The van der Waals surface area contributed by atoms with Gasteiger partial charge in [-0.15, -0.1) is 0 Å². The topological polar surface area (TPSA) is 70.4 Å². The van der Waals surface area contributed by atoms with Gasteiger partial charge in [-0.05, 0) is 12.8 Å². The first-order valence-electron chi connectivity index (χ1n) is 10.3. The number of hydrogen-bond donors (Lipinski definition) is 0. The van der Waals surface area contributed by atoms with Gasteiger partial charge in [-0.1, -0.05) is 6.42 Å². The molecule has 3 aliphatic rings. The van der Waals surface area contributed by atoms with Gasteiger partial charge < -0.3 is 4.90 Å². The third-order valence-electron chi connectivity index (χ3n) is 6.42. The van der Waals surface area contributed by atoms with Crippen molar-refractivity contribution in [1.29, 1.82) is 0 Å². The normalized spacial score (nSPS) is 21.4. The molecule has 148 valence electrons. The fourth-order valence-corrected chi connectivity index (χ4v) is 4.53. The van der Waals surface area contributed by atoms with Gasteiger partial charge in [0.2, 0.25) is 5.91 Å². The lowest BCUT2D eigenvalue weighted by Gasteiger charge is -2.43. The van der Waals surface area contributed by atoms with Crippen molar-refractivity contribution in [3.8, 4) is 5.69 Å². The lowest BCUT2D eigenvalue weighted by Crippen LogP contribution is -2.55. The quantitative estimate of drug-likeness (QED) is 0.777. The van der Waals surface area contributed by atoms with Crippen molar-refractivity contribution in [2.45, 2.75) is 38.3 Å². The highest BCUT2D eigenvalue weighted by atomic mass is 16.2. The smallest absolute Gasteiger partial charge is 0.236 e. The molecule has 1 saturated carbocycles. The average Bonchev–Trinajstić information content (AvgIpc) is 3.11. The Morgan fingerprint density at radius 3 is 2.54 bits per heavy atom. The van der Waals surface area contributed by atoms with Crippen molar-refractivity contribution in [2.24, 2.45) is 0 Å². The van der Waals surface area contributed by atoms with Gasteiger partial charge in [0.25, 0.3) is 0 Å². The summed E-state index contributed by atoms with van der Waals surface area (Å²) in [6, 6.07) is 0.782. The maximum atomic E-state index is 12.8. The van der Waals surface area contributed by atoms with Crippen LogP contribution in [0, 0.1) is 0 Å². The molecule has 0 unspecified atom stereocenters. The number of carbonyl (C=O) groups is 1. The van der Waals surface area contributed by atoms with Gasteiger partial charge >= 0.3 is 0 Å². The molecule has 4 heterocycles.